The first-order valence-electron chi connectivity index (χ1n) is 12.2. The number of ketones is 1. The third-order valence-electron chi connectivity index (χ3n) is 6.51. The molecule has 1 fully saturated rings. The number of morpholine rings is 1. The Morgan fingerprint density at radius 2 is 1.77 bits per heavy atom. The van der Waals surface area contributed by atoms with Crippen LogP contribution >= 0.6 is 11.8 Å². The molecule has 2 aromatic carbocycles. The van der Waals surface area contributed by atoms with Crippen LogP contribution in [-0.4, -0.2) is 64.9 Å². The Balaban J connectivity index is 1.34. The highest BCUT2D eigenvalue weighted by atomic mass is 32.2. The van der Waals surface area contributed by atoms with Crippen molar-refractivity contribution in [3.63, 3.8) is 0 Å². The molecule has 5 rings (SSSR count). The molecular formula is C27H30N4O3S. The lowest BCUT2D eigenvalue weighted by molar-refractivity contribution is -0.122. The van der Waals surface area contributed by atoms with Gasteiger partial charge in [-0.05, 0) is 24.1 Å². The highest BCUT2D eigenvalue weighted by Gasteiger charge is 2.36. The first-order valence-corrected chi connectivity index (χ1v) is 13.1. The number of ether oxygens (including phenoxy) is 1. The summed E-state index contributed by atoms with van der Waals surface area (Å²) < 4.78 is 5.39. The van der Waals surface area contributed by atoms with E-state index in [1.54, 1.807) is 0 Å². The molecule has 7 nitrogen and oxygen atoms in total. The van der Waals surface area contributed by atoms with Crippen molar-refractivity contribution in [2.75, 3.05) is 38.2 Å². The number of rotatable bonds is 8. The van der Waals surface area contributed by atoms with Gasteiger partial charge in [-0.2, -0.15) is 5.10 Å². The van der Waals surface area contributed by atoms with Gasteiger partial charge in [-0.3, -0.25) is 19.6 Å². The molecule has 182 valence electrons. The minimum absolute atomic E-state index is 0.127. The molecule has 0 bridgehead atoms. The second-order valence-electron chi connectivity index (χ2n) is 8.93. The summed E-state index contributed by atoms with van der Waals surface area (Å²) in [7, 11) is 0. The van der Waals surface area contributed by atoms with Crippen LogP contribution in [0.1, 0.15) is 35.6 Å². The fourth-order valence-corrected chi connectivity index (χ4v) is 6.14. The summed E-state index contributed by atoms with van der Waals surface area (Å²) in [6.07, 6.45) is 1.51. The van der Waals surface area contributed by atoms with E-state index >= 15 is 0 Å². The van der Waals surface area contributed by atoms with E-state index in [1.165, 1.54) is 11.8 Å². The van der Waals surface area contributed by atoms with Crippen LogP contribution in [0.3, 0.4) is 0 Å². The van der Waals surface area contributed by atoms with Gasteiger partial charge >= 0.3 is 0 Å². The zero-order valence-electron chi connectivity index (χ0n) is 19.6. The van der Waals surface area contributed by atoms with Gasteiger partial charge in [0.1, 0.15) is 5.78 Å². The third kappa shape index (κ3) is 5.66. The van der Waals surface area contributed by atoms with E-state index in [2.05, 4.69) is 32.5 Å². The van der Waals surface area contributed by atoms with Gasteiger partial charge in [-0.25, -0.2) is 0 Å². The quantitative estimate of drug-likeness (QED) is 0.490. The lowest BCUT2D eigenvalue weighted by Crippen LogP contribution is -2.37. The van der Waals surface area contributed by atoms with E-state index in [0.29, 0.717) is 12.2 Å². The molecule has 1 saturated heterocycles. The number of H-pyrrole nitrogens is 1. The number of hydrogen-bond acceptors (Lipinski definition) is 6. The molecular weight excluding hydrogens is 460 g/mol. The van der Waals surface area contributed by atoms with E-state index < -0.39 is 5.25 Å². The number of aromatic nitrogens is 2. The molecule has 2 atom stereocenters. The Bertz CT molecular complexity index is 1150. The van der Waals surface area contributed by atoms with E-state index in [4.69, 9.17) is 4.74 Å². The van der Waals surface area contributed by atoms with Crippen LogP contribution in [0.25, 0.3) is 11.3 Å². The number of hydrogen-bond donors (Lipinski definition) is 2. The largest absolute Gasteiger partial charge is 0.379 e. The third-order valence-corrected chi connectivity index (χ3v) is 8.00. The maximum atomic E-state index is 13.2. The van der Waals surface area contributed by atoms with Gasteiger partial charge in [0.25, 0.3) is 0 Å². The number of Topliss-reactive ketones (excluding diaryl/α,β-unsaturated/α-hetero) is 1. The Morgan fingerprint density at radius 1 is 1.06 bits per heavy atom. The number of amides is 1. The maximum Gasteiger partial charge on any atom is 0.239 e. The molecule has 0 aliphatic carbocycles. The number of aromatic amines is 1. The van der Waals surface area contributed by atoms with Gasteiger partial charge in [-0.1, -0.05) is 60.7 Å². The predicted molar refractivity (Wildman–Crippen MR) is 138 cm³/mol. The number of carbonyl (C=O) groups is 2. The lowest BCUT2D eigenvalue weighted by atomic mass is 10.00. The van der Waals surface area contributed by atoms with Gasteiger partial charge in [0.15, 0.2) is 5.82 Å². The molecule has 2 N–H and O–H groups in total. The van der Waals surface area contributed by atoms with Crippen molar-refractivity contribution in [3.05, 3.63) is 71.8 Å². The van der Waals surface area contributed by atoms with Crippen LogP contribution in [-0.2, 0) is 14.3 Å². The van der Waals surface area contributed by atoms with Crippen molar-refractivity contribution < 1.29 is 14.3 Å². The summed E-state index contributed by atoms with van der Waals surface area (Å²) in [5.41, 5.74) is 3.93. The van der Waals surface area contributed by atoms with E-state index in [0.717, 1.165) is 61.7 Å². The molecule has 0 saturated carbocycles. The Labute approximate surface area is 209 Å². The van der Waals surface area contributed by atoms with Crippen LogP contribution in [0.2, 0.25) is 0 Å². The van der Waals surface area contributed by atoms with Crippen molar-refractivity contribution >= 4 is 29.3 Å². The average molecular weight is 491 g/mol. The van der Waals surface area contributed by atoms with Gasteiger partial charge in [0.05, 0.1) is 29.4 Å². The molecule has 1 aromatic heterocycles. The Morgan fingerprint density at radius 3 is 2.51 bits per heavy atom. The molecule has 8 heteroatoms. The van der Waals surface area contributed by atoms with Gasteiger partial charge in [0, 0.05) is 31.5 Å². The highest BCUT2D eigenvalue weighted by Crippen LogP contribution is 2.47. The van der Waals surface area contributed by atoms with Crippen LogP contribution in [0.5, 0.6) is 0 Å². The first-order chi connectivity index (χ1) is 17.2. The summed E-state index contributed by atoms with van der Waals surface area (Å²) in [5, 5.41) is 9.99. The summed E-state index contributed by atoms with van der Waals surface area (Å²) in [5.74, 6) is 0.502. The smallest absolute Gasteiger partial charge is 0.239 e. The van der Waals surface area contributed by atoms with Crippen molar-refractivity contribution in [2.24, 2.45) is 0 Å². The number of nitrogens with zero attached hydrogens (tertiary/aromatic N) is 2. The molecule has 3 aromatic rings. The topological polar surface area (TPSA) is 87.3 Å². The molecule has 1 amide bonds. The van der Waals surface area contributed by atoms with E-state index in [9.17, 15) is 9.59 Å². The number of benzene rings is 2. The monoisotopic (exact) mass is 490 g/mol. The molecule has 2 aliphatic rings. The molecule has 35 heavy (non-hydrogen) atoms. The van der Waals surface area contributed by atoms with Crippen LogP contribution in [0, 0.1) is 0 Å². The fraction of sp³-hybridized carbons (Fsp3) is 0.370. The highest BCUT2D eigenvalue weighted by molar-refractivity contribution is 8.01. The zero-order chi connectivity index (χ0) is 24.0. The number of fused-ring (bicyclic) bond motifs is 1. The number of nitrogens with one attached hydrogen (secondary N) is 2. The Kier molecular flexibility index (Phi) is 7.61. The van der Waals surface area contributed by atoms with Crippen LogP contribution in [0.4, 0.5) is 5.82 Å². The van der Waals surface area contributed by atoms with Crippen LogP contribution < -0.4 is 5.32 Å². The summed E-state index contributed by atoms with van der Waals surface area (Å²) in [6, 6.07) is 20.1. The van der Waals surface area contributed by atoms with Crippen molar-refractivity contribution in [3.8, 4) is 11.3 Å². The maximum absolute atomic E-state index is 13.2. The molecule has 0 radical (unpaired) electrons. The normalized spacial score (nSPS) is 20.6. The lowest BCUT2D eigenvalue weighted by Gasteiger charge is -2.26. The summed E-state index contributed by atoms with van der Waals surface area (Å²) in [6.45, 7) is 4.24. The molecule has 0 spiro atoms. The number of thioether (sulfide) groups is 1. The van der Waals surface area contributed by atoms with Crippen molar-refractivity contribution in [2.45, 2.75) is 29.8 Å². The fourth-order valence-electron chi connectivity index (χ4n) is 4.66. The van der Waals surface area contributed by atoms with Crippen molar-refractivity contribution in [1.29, 1.82) is 0 Å². The number of anilines is 1. The predicted octanol–water partition coefficient (Wildman–Crippen LogP) is 4.29. The summed E-state index contributed by atoms with van der Waals surface area (Å²) >= 11 is 1.54. The van der Waals surface area contributed by atoms with Gasteiger partial charge in [0.2, 0.25) is 5.91 Å². The van der Waals surface area contributed by atoms with Gasteiger partial charge < -0.3 is 10.1 Å². The van der Waals surface area contributed by atoms with Gasteiger partial charge in [-0.15, -0.1) is 11.8 Å². The van der Waals surface area contributed by atoms with E-state index in [1.807, 2.05) is 48.5 Å². The molecule has 3 heterocycles. The minimum atomic E-state index is -0.478. The molecule has 2 aliphatic heterocycles. The molecule has 2 unspecified atom stereocenters. The van der Waals surface area contributed by atoms with E-state index in [-0.39, 0.29) is 23.4 Å². The zero-order valence-corrected chi connectivity index (χ0v) is 20.4. The summed E-state index contributed by atoms with van der Waals surface area (Å²) in [4.78, 5) is 28.4. The number of carbonyl (C=O) groups excluding carboxylic acids is 2. The Hall–Kier alpha value is -2.94. The second kappa shape index (κ2) is 11.2. The minimum Gasteiger partial charge on any atom is -0.379 e. The standard InChI is InChI=1S/C27H30N4O3S/c32-21(12-7-13-31-14-16-34-17-15-31)18-22-27(33)28-26-23(25(35-22)20-10-5-2-6-11-20)24(29-30-26)19-8-3-1-4-9-19/h1-6,8-11,22,25H,7,12-18H2,(H2,28,29,30,33). The van der Waals surface area contributed by atoms with Crippen molar-refractivity contribution in [1.82, 2.24) is 15.1 Å². The SMILES string of the molecule is O=C(CCCN1CCOCC1)CC1SC(c2ccccc2)c2c(n[nH]c2-c2ccccc2)NC1=O. The van der Waals surface area contributed by atoms with Crippen LogP contribution in [0.15, 0.2) is 60.7 Å². The second-order valence-corrected chi connectivity index (χ2v) is 10.2. The first kappa shape index (κ1) is 23.8. The average Bonchev–Trinajstić information content (AvgIpc) is 3.25.